The highest BCUT2D eigenvalue weighted by Crippen LogP contribution is 2.15. The molecule has 0 aliphatic carbocycles. The molecular weight excluding hydrogens is 304 g/mol. The molecule has 0 aliphatic heterocycles. The second-order valence-electron chi connectivity index (χ2n) is 5.49. The quantitative estimate of drug-likeness (QED) is 0.766. The van der Waals surface area contributed by atoms with Crippen LogP contribution in [-0.4, -0.2) is 39.1 Å². The Balaban J connectivity index is 2.00. The van der Waals surface area contributed by atoms with E-state index in [4.69, 9.17) is 4.74 Å². The van der Waals surface area contributed by atoms with E-state index in [9.17, 15) is 9.59 Å². The molecule has 0 unspecified atom stereocenters. The third-order valence-electron chi connectivity index (χ3n) is 3.61. The van der Waals surface area contributed by atoms with Crippen LogP contribution in [0.5, 0.6) is 0 Å². The van der Waals surface area contributed by atoms with E-state index in [1.54, 1.807) is 23.1 Å². The Labute approximate surface area is 142 Å². The van der Waals surface area contributed by atoms with Gasteiger partial charge in [-0.15, -0.1) is 0 Å². The largest absolute Gasteiger partial charge is 0.452 e. The predicted octanol–water partition coefficient (Wildman–Crippen LogP) is 2.96. The molecule has 0 aliphatic rings. The minimum Gasteiger partial charge on any atom is -0.452 e. The molecule has 2 aromatic rings. The Morgan fingerprint density at radius 3 is 2.25 bits per heavy atom. The summed E-state index contributed by atoms with van der Waals surface area (Å²) in [5, 5.41) is 0. The molecule has 0 bridgehead atoms. The van der Waals surface area contributed by atoms with Crippen LogP contribution in [0.1, 0.15) is 17.3 Å². The van der Waals surface area contributed by atoms with Gasteiger partial charge in [0.15, 0.2) is 6.61 Å². The molecular formula is C19H22N2O3. The highest BCUT2D eigenvalue weighted by Gasteiger charge is 2.17. The van der Waals surface area contributed by atoms with Crippen molar-refractivity contribution in [3.63, 3.8) is 0 Å². The summed E-state index contributed by atoms with van der Waals surface area (Å²) in [6.07, 6.45) is 0. The zero-order valence-electron chi connectivity index (χ0n) is 14.2. The van der Waals surface area contributed by atoms with Crippen LogP contribution < -0.4 is 9.80 Å². The number of hydrogen-bond acceptors (Lipinski definition) is 4. The number of carbonyl (C=O) groups excluding carboxylic acids is 2. The van der Waals surface area contributed by atoms with Gasteiger partial charge in [0.05, 0.1) is 5.56 Å². The van der Waals surface area contributed by atoms with Crippen molar-refractivity contribution in [3.05, 3.63) is 60.2 Å². The van der Waals surface area contributed by atoms with Crippen LogP contribution in [-0.2, 0) is 9.53 Å². The van der Waals surface area contributed by atoms with Gasteiger partial charge in [0.1, 0.15) is 0 Å². The third kappa shape index (κ3) is 4.35. The zero-order chi connectivity index (χ0) is 17.5. The van der Waals surface area contributed by atoms with Crippen molar-refractivity contribution < 1.29 is 14.3 Å². The highest BCUT2D eigenvalue weighted by molar-refractivity contribution is 5.97. The van der Waals surface area contributed by atoms with Crippen LogP contribution in [0.3, 0.4) is 0 Å². The molecule has 1 amide bonds. The molecule has 5 nitrogen and oxygen atoms in total. The van der Waals surface area contributed by atoms with Gasteiger partial charge in [0.25, 0.3) is 5.91 Å². The molecule has 24 heavy (non-hydrogen) atoms. The van der Waals surface area contributed by atoms with Gasteiger partial charge in [-0.25, -0.2) is 4.79 Å². The van der Waals surface area contributed by atoms with Gasteiger partial charge < -0.3 is 14.5 Å². The van der Waals surface area contributed by atoms with Gasteiger partial charge in [0.2, 0.25) is 0 Å². The fraction of sp³-hybridized carbons (Fsp3) is 0.263. The van der Waals surface area contributed by atoms with E-state index in [1.165, 1.54) is 0 Å². The van der Waals surface area contributed by atoms with Crippen molar-refractivity contribution in [2.45, 2.75) is 6.92 Å². The van der Waals surface area contributed by atoms with Crippen molar-refractivity contribution in [1.82, 2.24) is 0 Å². The fourth-order valence-electron chi connectivity index (χ4n) is 2.31. The normalized spacial score (nSPS) is 10.1. The van der Waals surface area contributed by atoms with E-state index in [1.807, 2.05) is 62.3 Å². The average Bonchev–Trinajstić information content (AvgIpc) is 2.61. The molecule has 0 fully saturated rings. The van der Waals surface area contributed by atoms with Crippen LogP contribution in [0, 0.1) is 0 Å². The Morgan fingerprint density at radius 1 is 0.958 bits per heavy atom. The lowest BCUT2D eigenvalue weighted by Crippen LogP contribution is -2.34. The fourth-order valence-corrected chi connectivity index (χ4v) is 2.31. The summed E-state index contributed by atoms with van der Waals surface area (Å²) in [4.78, 5) is 28.0. The summed E-state index contributed by atoms with van der Waals surface area (Å²) in [7, 11) is 3.79. The molecule has 5 heteroatoms. The standard InChI is InChI=1S/C19H22N2O3/c1-4-21(16-10-6-5-7-11-16)18(22)14-24-19(23)15-9-8-12-17(13-15)20(2)3/h5-13H,4,14H2,1-3H3. The maximum absolute atomic E-state index is 12.3. The summed E-state index contributed by atoms with van der Waals surface area (Å²) in [6.45, 7) is 2.11. The Kier molecular flexibility index (Phi) is 5.95. The summed E-state index contributed by atoms with van der Waals surface area (Å²) in [5.41, 5.74) is 2.11. The Bertz CT molecular complexity index is 699. The number of rotatable bonds is 6. The van der Waals surface area contributed by atoms with E-state index in [2.05, 4.69) is 0 Å². The van der Waals surface area contributed by atoms with Gasteiger partial charge >= 0.3 is 5.97 Å². The van der Waals surface area contributed by atoms with Crippen molar-refractivity contribution in [1.29, 1.82) is 0 Å². The SMILES string of the molecule is CCN(C(=O)COC(=O)c1cccc(N(C)C)c1)c1ccccc1. The minimum absolute atomic E-state index is 0.249. The number of ether oxygens (including phenoxy) is 1. The van der Waals surface area contributed by atoms with E-state index >= 15 is 0 Å². The number of anilines is 2. The first-order valence-electron chi connectivity index (χ1n) is 7.83. The Hall–Kier alpha value is -2.82. The molecule has 0 aromatic heterocycles. The smallest absolute Gasteiger partial charge is 0.338 e. The predicted molar refractivity (Wildman–Crippen MR) is 95.5 cm³/mol. The van der Waals surface area contributed by atoms with Gasteiger partial charge in [-0.2, -0.15) is 0 Å². The topological polar surface area (TPSA) is 49.9 Å². The molecule has 0 atom stereocenters. The second kappa shape index (κ2) is 8.15. The number of likely N-dealkylation sites (N-methyl/N-ethyl adjacent to an activating group) is 1. The molecule has 2 rings (SSSR count). The summed E-state index contributed by atoms with van der Waals surface area (Å²) < 4.78 is 5.18. The lowest BCUT2D eigenvalue weighted by molar-refractivity contribution is -0.121. The van der Waals surface area contributed by atoms with Gasteiger partial charge in [-0.3, -0.25) is 4.79 Å². The highest BCUT2D eigenvalue weighted by atomic mass is 16.5. The number of amides is 1. The molecule has 2 aromatic carbocycles. The summed E-state index contributed by atoms with van der Waals surface area (Å²) in [6, 6.07) is 16.4. The van der Waals surface area contributed by atoms with E-state index in [0.717, 1.165) is 11.4 Å². The number of para-hydroxylation sites is 1. The monoisotopic (exact) mass is 326 g/mol. The van der Waals surface area contributed by atoms with E-state index in [0.29, 0.717) is 12.1 Å². The van der Waals surface area contributed by atoms with E-state index < -0.39 is 5.97 Å². The van der Waals surface area contributed by atoms with Crippen molar-refractivity contribution in [2.75, 3.05) is 37.0 Å². The molecule has 0 radical (unpaired) electrons. The first-order valence-corrected chi connectivity index (χ1v) is 7.83. The van der Waals surface area contributed by atoms with Crippen LogP contribution >= 0.6 is 0 Å². The third-order valence-corrected chi connectivity index (χ3v) is 3.61. The lowest BCUT2D eigenvalue weighted by atomic mass is 10.2. The van der Waals surface area contributed by atoms with Crippen molar-refractivity contribution in [3.8, 4) is 0 Å². The minimum atomic E-state index is -0.504. The maximum atomic E-state index is 12.3. The summed E-state index contributed by atoms with van der Waals surface area (Å²) >= 11 is 0. The molecule has 0 N–H and O–H groups in total. The van der Waals surface area contributed by atoms with Gasteiger partial charge in [0, 0.05) is 32.0 Å². The molecule has 126 valence electrons. The number of hydrogen-bond donors (Lipinski definition) is 0. The van der Waals surface area contributed by atoms with Crippen molar-refractivity contribution >= 4 is 23.3 Å². The average molecular weight is 326 g/mol. The second-order valence-corrected chi connectivity index (χ2v) is 5.49. The van der Waals surface area contributed by atoms with Crippen molar-refractivity contribution in [2.24, 2.45) is 0 Å². The maximum Gasteiger partial charge on any atom is 0.338 e. The van der Waals surface area contributed by atoms with Gasteiger partial charge in [-0.1, -0.05) is 24.3 Å². The molecule has 0 heterocycles. The van der Waals surface area contributed by atoms with Crippen LogP contribution in [0.2, 0.25) is 0 Å². The molecule has 0 spiro atoms. The van der Waals surface area contributed by atoms with E-state index in [-0.39, 0.29) is 12.5 Å². The first-order chi connectivity index (χ1) is 11.5. The number of nitrogens with zero attached hydrogens (tertiary/aromatic N) is 2. The van der Waals surface area contributed by atoms with Crippen LogP contribution in [0.15, 0.2) is 54.6 Å². The zero-order valence-corrected chi connectivity index (χ0v) is 14.2. The number of carbonyl (C=O) groups is 2. The molecule has 0 saturated heterocycles. The molecule has 0 saturated carbocycles. The van der Waals surface area contributed by atoms with Crippen LogP contribution in [0.25, 0.3) is 0 Å². The van der Waals surface area contributed by atoms with Crippen LogP contribution in [0.4, 0.5) is 11.4 Å². The number of benzene rings is 2. The Morgan fingerprint density at radius 2 is 1.62 bits per heavy atom. The number of esters is 1. The lowest BCUT2D eigenvalue weighted by Gasteiger charge is -2.20. The van der Waals surface area contributed by atoms with Gasteiger partial charge in [-0.05, 0) is 37.3 Å². The summed E-state index contributed by atoms with van der Waals surface area (Å²) in [5.74, 6) is -0.753. The first kappa shape index (κ1) is 17.5.